The van der Waals surface area contributed by atoms with Crippen LogP contribution in [-0.4, -0.2) is 96.0 Å². The summed E-state index contributed by atoms with van der Waals surface area (Å²) in [6, 6.07) is 0. The standard InChI is InChI=1S/C44H78O12S/c1-3-5-7-9-11-13-15-17-19-21-23-25-27-29-31-33-40(46)55-37(35-54-44-43(49)42(48)41(47)38(56-44)36-57(50,51)52)34-53-39(45)32-30-28-26-24-22-20-18-16-14-12-10-8-6-4-2/h10,12-13,15-16,18,37-38,41-44,47-49H,3-9,11,14,17,19-36H2,1-2H3,(H,50,51,52)/b12-10+,15-13+,18-16+/t37-,38-,41-,42?,43?,44+/m1/s1. The highest BCUT2D eigenvalue weighted by Gasteiger charge is 2.46. The van der Waals surface area contributed by atoms with Crippen molar-refractivity contribution in [2.24, 2.45) is 0 Å². The molecule has 13 heteroatoms. The van der Waals surface area contributed by atoms with Crippen LogP contribution in [0.5, 0.6) is 0 Å². The molecule has 6 atom stereocenters. The van der Waals surface area contributed by atoms with Gasteiger partial charge in [0.25, 0.3) is 10.1 Å². The molecular weight excluding hydrogens is 753 g/mol. The molecular formula is C44H78O12S. The second-order valence-corrected chi connectivity index (χ2v) is 16.9. The first-order valence-electron chi connectivity index (χ1n) is 22.0. The van der Waals surface area contributed by atoms with Crippen LogP contribution in [0.1, 0.15) is 174 Å². The minimum atomic E-state index is -4.60. The third-order valence-corrected chi connectivity index (χ3v) is 10.7. The topological polar surface area (TPSA) is 186 Å². The van der Waals surface area contributed by atoms with E-state index >= 15 is 0 Å². The largest absolute Gasteiger partial charge is 0.462 e. The molecule has 1 heterocycles. The molecule has 0 aromatic heterocycles. The lowest BCUT2D eigenvalue weighted by atomic mass is 10.00. The van der Waals surface area contributed by atoms with Crippen LogP contribution < -0.4 is 0 Å². The van der Waals surface area contributed by atoms with E-state index in [0.717, 1.165) is 77.0 Å². The number of unbranched alkanes of at least 4 members (excludes halogenated alkanes) is 18. The van der Waals surface area contributed by atoms with Crippen molar-refractivity contribution in [3.05, 3.63) is 36.5 Å². The molecule has 57 heavy (non-hydrogen) atoms. The number of ether oxygens (including phenoxy) is 4. The van der Waals surface area contributed by atoms with E-state index < -0.39 is 71.2 Å². The van der Waals surface area contributed by atoms with Crippen LogP contribution in [0.25, 0.3) is 0 Å². The fourth-order valence-corrected chi connectivity index (χ4v) is 7.14. The van der Waals surface area contributed by atoms with Crippen LogP contribution in [-0.2, 0) is 38.7 Å². The number of aliphatic hydroxyl groups excluding tert-OH is 3. The Morgan fingerprint density at radius 2 is 1.07 bits per heavy atom. The minimum Gasteiger partial charge on any atom is -0.462 e. The van der Waals surface area contributed by atoms with Crippen LogP contribution in [0.15, 0.2) is 36.5 Å². The van der Waals surface area contributed by atoms with Gasteiger partial charge in [0.2, 0.25) is 0 Å². The zero-order chi connectivity index (χ0) is 42.0. The number of hydrogen-bond acceptors (Lipinski definition) is 11. The first kappa shape index (κ1) is 52.9. The van der Waals surface area contributed by atoms with Crippen LogP contribution in [0.3, 0.4) is 0 Å². The van der Waals surface area contributed by atoms with Crippen molar-refractivity contribution in [2.75, 3.05) is 19.0 Å². The van der Waals surface area contributed by atoms with Crippen LogP contribution >= 0.6 is 0 Å². The number of carbonyl (C=O) groups is 2. The van der Waals surface area contributed by atoms with E-state index in [0.29, 0.717) is 12.8 Å². The van der Waals surface area contributed by atoms with E-state index in [4.69, 9.17) is 18.9 Å². The van der Waals surface area contributed by atoms with Crippen molar-refractivity contribution >= 4 is 22.1 Å². The van der Waals surface area contributed by atoms with Crippen molar-refractivity contribution in [2.45, 2.75) is 211 Å². The Morgan fingerprint density at radius 3 is 1.61 bits per heavy atom. The Kier molecular flexibility index (Phi) is 32.2. The summed E-state index contributed by atoms with van der Waals surface area (Å²) in [7, 11) is -4.60. The number of aliphatic hydroxyl groups is 3. The molecule has 0 amide bonds. The molecule has 0 saturated carbocycles. The van der Waals surface area contributed by atoms with Crippen LogP contribution in [0.4, 0.5) is 0 Å². The van der Waals surface area contributed by atoms with Gasteiger partial charge in [-0.3, -0.25) is 14.1 Å². The van der Waals surface area contributed by atoms with Gasteiger partial charge in [0, 0.05) is 12.8 Å². The highest BCUT2D eigenvalue weighted by Crippen LogP contribution is 2.24. The fraction of sp³-hybridized carbons (Fsp3) is 0.818. The molecule has 4 N–H and O–H groups in total. The molecule has 0 aromatic carbocycles. The minimum absolute atomic E-state index is 0.156. The van der Waals surface area contributed by atoms with E-state index in [1.807, 2.05) is 0 Å². The molecule has 1 fully saturated rings. The molecule has 1 saturated heterocycles. The first-order valence-corrected chi connectivity index (χ1v) is 23.7. The van der Waals surface area contributed by atoms with Gasteiger partial charge in [-0.15, -0.1) is 0 Å². The molecule has 0 bridgehead atoms. The third-order valence-electron chi connectivity index (χ3n) is 9.94. The molecule has 0 aromatic rings. The smallest absolute Gasteiger partial charge is 0.306 e. The van der Waals surface area contributed by atoms with Gasteiger partial charge in [-0.05, 0) is 64.2 Å². The molecule has 12 nitrogen and oxygen atoms in total. The second-order valence-electron chi connectivity index (χ2n) is 15.4. The lowest BCUT2D eigenvalue weighted by molar-refractivity contribution is -0.297. The Bertz CT molecular complexity index is 1200. The summed E-state index contributed by atoms with van der Waals surface area (Å²) in [5.74, 6) is -2.01. The zero-order valence-electron chi connectivity index (χ0n) is 35.2. The Morgan fingerprint density at radius 1 is 0.596 bits per heavy atom. The highest BCUT2D eigenvalue weighted by atomic mass is 32.2. The van der Waals surface area contributed by atoms with Crippen LogP contribution in [0.2, 0.25) is 0 Å². The van der Waals surface area contributed by atoms with E-state index in [2.05, 4.69) is 50.3 Å². The summed E-state index contributed by atoms with van der Waals surface area (Å²) in [6.45, 7) is 3.68. The van der Waals surface area contributed by atoms with Crippen LogP contribution in [0, 0.1) is 0 Å². The Labute approximate surface area is 344 Å². The molecule has 1 aliphatic rings. The zero-order valence-corrected chi connectivity index (χ0v) is 36.0. The summed E-state index contributed by atoms with van der Waals surface area (Å²) in [5, 5.41) is 30.8. The predicted octanol–water partition coefficient (Wildman–Crippen LogP) is 8.61. The lowest BCUT2D eigenvalue weighted by Gasteiger charge is -2.40. The van der Waals surface area contributed by atoms with Crippen molar-refractivity contribution < 1.29 is 56.8 Å². The molecule has 332 valence electrons. The average Bonchev–Trinajstić information content (AvgIpc) is 3.17. The fourth-order valence-electron chi connectivity index (χ4n) is 6.45. The molecule has 0 aliphatic carbocycles. The van der Waals surface area contributed by atoms with E-state index in [1.165, 1.54) is 57.8 Å². The number of rotatable bonds is 36. The molecule has 1 rings (SSSR count). The van der Waals surface area contributed by atoms with E-state index in [9.17, 15) is 37.9 Å². The number of carbonyl (C=O) groups excluding carboxylic acids is 2. The van der Waals surface area contributed by atoms with E-state index in [1.54, 1.807) is 0 Å². The SMILES string of the molecule is CCCC/C=C/C/C=C/CCCCCCCC(=O)OC[C@H](CO[C@H]1O[C@H](CS(=O)(=O)O)[C@@H](O)C(O)C1O)OC(=O)CCCCCCCCC/C=C/CCCCCC. The van der Waals surface area contributed by atoms with Gasteiger partial charge in [0.15, 0.2) is 12.4 Å². The number of esters is 2. The maximum atomic E-state index is 12.8. The van der Waals surface area contributed by atoms with Crippen molar-refractivity contribution in [1.82, 2.24) is 0 Å². The van der Waals surface area contributed by atoms with Gasteiger partial charge in [0.05, 0.1) is 6.61 Å². The number of hydrogen-bond donors (Lipinski definition) is 4. The van der Waals surface area contributed by atoms with Gasteiger partial charge >= 0.3 is 11.9 Å². The quantitative estimate of drug-likeness (QED) is 0.0204. The Balaban J connectivity index is 2.48. The van der Waals surface area contributed by atoms with Gasteiger partial charge in [0.1, 0.15) is 36.8 Å². The number of allylic oxidation sites excluding steroid dienone is 6. The molecule has 0 spiro atoms. The Hall–Kier alpha value is -2.13. The summed E-state index contributed by atoms with van der Waals surface area (Å²) < 4.78 is 54.0. The average molecular weight is 831 g/mol. The van der Waals surface area contributed by atoms with Crippen molar-refractivity contribution in [1.29, 1.82) is 0 Å². The molecule has 0 radical (unpaired) electrons. The van der Waals surface area contributed by atoms with Gasteiger partial charge in [-0.1, -0.05) is 134 Å². The van der Waals surface area contributed by atoms with Crippen molar-refractivity contribution in [3.63, 3.8) is 0 Å². The van der Waals surface area contributed by atoms with Crippen molar-refractivity contribution in [3.8, 4) is 0 Å². The van der Waals surface area contributed by atoms with Gasteiger partial charge in [-0.25, -0.2) is 0 Å². The lowest BCUT2D eigenvalue weighted by Crippen LogP contribution is -2.60. The predicted molar refractivity (Wildman–Crippen MR) is 224 cm³/mol. The summed E-state index contributed by atoms with van der Waals surface area (Å²) in [6.07, 6.45) is 29.0. The maximum absolute atomic E-state index is 12.8. The van der Waals surface area contributed by atoms with E-state index in [-0.39, 0.29) is 19.4 Å². The second kappa shape index (κ2) is 34.7. The monoisotopic (exact) mass is 831 g/mol. The third kappa shape index (κ3) is 29.7. The summed E-state index contributed by atoms with van der Waals surface area (Å²) in [5.41, 5.74) is 0. The van der Waals surface area contributed by atoms with Gasteiger partial charge in [-0.2, -0.15) is 8.42 Å². The molecule has 1 aliphatic heterocycles. The summed E-state index contributed by atoms with van der Waals surface area (Å²) >= 11 is 0. The highest BCUT2D eigenvalue weighted by molar-refractivity contribution is 7.85. The van der Waals surface area contributed by atoms with Gasteiger partial charge < -0.3 is 34.3 Å². The first-order chi connectivity index (χ1) is 27.5. The normalized spacial score (nSPS) is 20.8. The maximum Gasteiger partial charge on any atom is 0.306 e. The summed E-state index contributed by atoms with van der Waals surface area (Å²) in [4.78, 5) is 25.4. The molecule has 2 unspecified atom stereocenters.